The van der Waals surface area contributed by atoms with Crippen LogP contribution in [0.2, 0.25) is 0 Å². The van der Waals surface area contributed by atoms with Crippen LogP contribution in [0.15, 0.2) is 103 Å². The van der Waals surface area contributed by atoms with Crippen molar-refractivity contribution in [2.75, 3.05) is 19.6 Å². The zero-order chi connectivity index (χ0) is 28.8. The Labute approximate surface area is 257 Å². The lowest BCUT2D eigenvalue weighted by Crippen LogP contribution is -2.41. The maximum atomic E-state index is 12.5. The SMILES string of the molecule is CC(C)(C1=CCCC=C1)C1=CC(C(C)(C)C2C=CC=CC2)C(N=O)C(/C=N/CCNCC2C=C(Br)C=C(Br)C2)=C1. The molecular weight excluding hydrogens is 626 g/mol. The van der Waals surface area contributed by atoms with Crippen molar-refractivity contribution >= 4 is 38.1 Å². The minimum Gasteiger partial charge on any atom is -0.314 e. The first-order chi connectivity index (χ1) is 19.1. The summed E-state index contributed by atoms with van der Waals surface area (Å²) in [5.74, 6) is 0.763. The molecule has 0 radical (unpaired) electrons. The highest BCUT2D eigenvalue weighted by molar-refractivity contribution is 9.12. The van der Waals surface area contributed by atoms with Crippen molar-refractivity contribution in [3.63, 3.8) is 0 Å². The highest BCUT2D eigenvalue weighted by atomic mass is 79.9. The topological polar surface area (TPSA) is 53.8 Å². The van der Waals surface area contributed by atoms with Gasteiger partial charge in [0.2, 0.25) is 0 Å². The smallest absolute Gasteiger partial charge is 0.125 e. The van der Waals surface area contributed by atoms with Crippen molar-refractivity contribution in [2.24, 2.45) is 38.8 Å². The van der Waals surface area contributed by atoms with Gasteiger partial charge < -0.3 is 5.32 Å². The summed E-state index contributed by atoms with van der Waals surface area (Å²) in [7, 11) is 0. The summed E-state index contributed by atoms with van der Waals surface area (Å²) in [5, 5.41) is 7.27. The standard InChI is InChI=1S/C34H43Br2N3O/c1-33(2,26-11-7-5-8-12-26)28-19-25(23-38-16-15-37-22-24-17-29(35)21-30(36)18-24)32(39-40)31(20-28)34(3,4)27-13-9-6-10-14-27/h6-7,9-13,17,19-21,23-24,27,31-32,37H,5,8,14-16,18,22H2,1-4H3/b38-23+. The molecule has 4 rings (SSSR count). The Balaban J connectivity index is 1.53. The van der Waals surface area contributed by atoms with Crippen LogP contribution in [0.5, 0.6) is 0 Å². The van der Waals surface area contributed by atoms with E-state index in [4.69, 9.17) is 4.99 Å². The van der Waals surface area contributed by atoms with E-state index in [9.17, 15) is 4.91 Å². The first kappa shape index (κ1) is 31.1. The molecule has 0 aliphatic heterocycles. The maximum absolute atomic E-state index is 12.5. The number of nitroso groups, excluding NO2 is 1. The Morgan fingerprint density at radius 2 is 1.88 bits per heavy atom. The number of hydrogen-bond donors (Lipinski definition) is 1. The van der Waals surface area contributed by atoms with Crippen molar-refractivity contribution in [3.8, 4) is 0 Å². The molecule has 0 aromatic carbocycles. The number of nitrogens with zero attached hydrogens (tertiary/aromatic N) is 2. The van der Waals surface area contributed by atoms with E-state index in [1.807, 2.05) is 6.21 Å². The fraction of sp³-hybridized carbons (Fsp3) is 0.500. The molecule has 0 aromatic rings. The van der Waals surface area contributed by atoms with E-state index in [1.54, 1.807) is 0 Å². The van der Waals surface area contributed by atoms with Crippen LogP contribution in [-0.2, 0) is 0 Å². The molecule has 0 spiro atoms. The van der Waals surface area contributed by atoms with E-state index in [2.05, 4.69) is 137 Å². The van der Waals surface area contributed by atoms with Crippen molar-refractivity contribution in [2.45, 2.75) is 59.4 Å². The Kier molecular flexibility index (Phi) is 10.8. The molecule has 214 valence electrons. The minimum atomic E-state index is -0.463. The molecule has 4 aliphatic carbocycles. The number of halogens is 2. The minimum absolute atomic E-state index is 0.0267. The van der Waals surface area contributed by atoms with Gasteiger partial charge in [0.25, 0.3) is 0 Å². The summed E-state index contributed by atoms with van der Waals surface area (Å²) in [6.07, 6.45) is 30.6. The third-order valence-electron chi connectivity index (χ3n) is 8.92. The largest absolute Gasteiger partial charge is 0.314 e. The number of hydrogen-bond acceptors (Lipinski definition) is 4. The van der Waals surface area contributed by atoms with Gasteiger partial charge in [-0.1, -0.05) is 125 Å². The highest BCUT2D eigenvalue weighted by Gasteiger charge is 2.44. The van der Waals surface area contributed by atoms with E-state index in [0.29, 0.717) is 18.4 Å². The summed E-state index contributed by atoms with van der Waals surface area (Å²) in [6.45, 7) is 11.5. The van der Waals surface area contributed by atoms with Crippen LogP contribution in [0.3, 0.4) is 0 Å². The predicted octanol–water partition coefficient (Wildman–Crippen LogP) is 9.30. The van der Waals surface area contributed by atoms with Gasteiger partial charge in [0, 0.05) is 35.1 Å². The zero-order valence-corrected chi connectivity index (χ0v) is 27.4. The van der Waals surface area contributed by atoms with E-state index < -0.39 is 6.04 Å². The quantitative estimate of drug-likeness (QED) is 0.136. The molecule has 0 aromatic heterocycles. The number of rotatable bonds is 11. The second kappa shape index (κ2) is 13.8. The van der Waals surface area contributed by atoms with Gasteiger partial charge in [-0.15, -0.1) is 0 Å². The summed E-state index contributed by atoms with van der Waals surface area (Å²) in [4.78, 5) is 17.2. The average Bonchev–Trinajstić information content (AvgIpc) is 2.94. The number of nitrogens with one attached hydrogen (secondary N) is 1. The van der Waals surface area contributed by atoms with Crippen molar-refractivity contribution < 1.29 is 0 Å². The molecule has 0 saturated carbocycles. The molecule has 1 N–H and O–H groups in total. The second-order valence-electron chi connectivity index (χ2n) is 12.4. The maximum Gasteiger partial charge on any atom is 0.125 e. The third-order valence-corrected chi connectivity index (χ3v) is 9.97. The van der Waals surface area contributed by atoms with Gasteiger partial charge in [0.15, 0.2) is 0 Å². The van der Waals surface area contributed by atoms with Gasteiger partial charge >= 0.3 is 0 Å². The molecule has 0 bridgehead atoms. The normalized spacial score (nSPS) is 27.2. The second-order valence-corrected chi connectivity index (χ2v) is 14.4. The van der Waals surface area contributed by atoms with Gasteiger partial charge in [0.1, 0.15) is 6.04 Å². The van der Waals surface area contributed by atoms with Gasteiger partial charge in [-0.2, -0.15) is 4.91 Å². The Morgan fingerprint density at radius 1 is 1.05 bits per heavy atom. The number of allylic oxidation sites excluding steroid dienone is 13. The van der Waals surface area contributed by atoms with Crippen LogP contribution in [-0.4, -0.2) is 31.9 Å². The Bertz CT molecular complexity index is 1230. The summed E-state index contributed by atoms with van der Waals surface area (Å²) in [6, 6.07) is -0.463. The molecule has 0 fully saturated rings. The molecule has 6 heteroatoms. The van der Waals surface area contributed by atoms with Gasteiger partial charge in [0.05, 0.1) is 6.54 Å². The Morgan fingerprint density at radius 3 is 2.55 bits per heavy atom. The van der Waals surface area contributed by atoms with Crippen molar-refractivity contribution in [3.05, 3.63) is 97.4 Å². The molecule has 4 atom stereocenters. The average molecular weight is 670 g/mol. The van der Waals surface area contributed by atoms with Crippen LogP contribution in [0.1, 0.15) is 53.4 Å². The predicted molar refractivity (Wildman–Crippen MR) is 178 cm³/mol. The first-order valence-corrected chi connectivity index (χ1v) is 16.1. The summed E-state index contributed by atoms with van der Waals surface area (Å²) < 4.78 is 2.34. The third kappa shape index (κ3) is 7.49. The molecule has 0 heterocycles. The van der Waals surface area contributed by atoms with Crippen LogP contribution in [0, 0.1) is 33.5 Å². The van der Waals surface area contributed by atoms with E-state index >= 15 is 0 Å². The molecule has 4 nitrogen and oxygen atoms in total. The van der Waals surface area contributed by atoms with Gasteiger partial charge in [-0.3, -0.25) is 4.99 Å². The molecule has 4 unspecified atom stereocenters. The fourth-order valence-electron chi connectivity index (χ4n) is 6.20. The summed E-state index contributed by atoms with van der Waals surface area (Å²) >= 11 is 7.22. The van der Waals surface area contributed by atoms with Crippen LogP contribution < -0.4 is 5.32 Å². The van der Waals surface area contributed by atoms with Crippen molar-refractivity contribution in [1.29, 1.82) is 0 Å². The molecule has 40 heavy (non-hydrogen) atoms. The molecule has 4 aliphatic rings. The number of aliphatic imine (C=N–C) groups is 1. The lowest BCUT2D eigenvalue weighted by Gasteiger charge is -2.44. The lowest BCUT2D eigenvalue weighted by molar-refractivity contribution is 0.164. The lowest BCUT2D eigenvalue weighted by atomic mass is 9.60. The molecular formula is C34H43Br2N3O. The monoisotopic (exact) mass is 667 g/mol. The Hall–Kier alpha value is -1.89. The van der Waals surface area contributed by atoms with Crippen LogP contribution in [0.4, 0.5) is 0 Å². The van der Waals surface area contributed by atoms with Crippen LogP contribution >= 0.6 is 31.9 Å². The highest BCUT2D eigenvalue weighted by Crippen LogP contribution is 2.49. The van der Waals surface area contributed by atoms with Gasteiger partial charge in [-0.25, -0.2) is 0 Å². The van der Waals surface area contributed by atoms with E-state index in [-0.39, 0.29) is 16.7 Å². The first-order valence-electron chi connectivity index (χ1n) is 14.5. The van der Waals surface area contributed by atoms with E-state index in [0.717, 1.165) is 48.8 Å². The van der Waals surface area contributed by atoms with Crippen LogP contribution in [0.25, 0.3) is 0 Å². The van der Waals surface area contributed by atoms with E-state index in [1.165, 1.54) is 15.6 Å². The fourth-order valence-corrected chi connectivity index (χ4v) is 7.82. The molecule has 0 saturated heterocycles. The van der Waals surface area contributed by atoms with Gasteiger partial charge in [-0.05, 0) is 70.2 Å². The zero-order valence-electron chi connectivity index (χ0n) is 24.2. The molecule has 0 amide bonds. The summed E-state index contributed by atoms with van der Waals surface area (Å²) in [5.41, 5.74) is 3.17. The van der Waals surface area contributed by atoms with Crippen molar-refractivity contribution in [1.82, 2.24) is 5.32 Å².